The van der Waals surface area contributed by atoms with Crippen molar-refractivity contribution in [2.24, 2.45) is 5.84 Å². The van der Waals surface area contributed by atoms with Crippen molar-refractivity contribution in [3.63, 3.8) is 0 Å². The van der Waals surface area contributed by atoms with Crippen LogP contribution in [0.2, 0.25) is 0 Å². The summed E-state index contributed by atoms with van der Waals surface area (Å²) in [5.41, 5.74) is 2.10. The Kier molecular flexibility index (Phi) is 2.82. The highest BCUT2D eigenvalue weighted by Crippen LogP contribution is 2.08. The molecule has 1 aromatic rings. The van der Waals surface area contributed by atoms with Crippen molar-refractivity contribution in [2.45, 2.75) is 19.4 Å². The van der Waals surface area contributed by atoms with Gasteiger partial charge in [-0.3, -0.25) is 14.9 Å². The minimum Gasteiger partial charge on any atom is -0.292 e. The molecular weight excluding hydrogens is 156 g/mol. The fraction of sp³-hybridized carbons (Fsp3) is 0.429. The smallest absolute Gasteiger partial charge is 0.258 e. The first kappa shape index (κ1) is 8.73. The largest absolute Gasteiger partial charge is 0.292 e. The Morgan fingerprint density at radius 1 is 1.83 bits per heavy atom. The zero-order valence-corrected chi connectivity index (χ0v) is 6.90. The van der Waals surface area contributed by atoms with E-state index in [0.717, 1.165) is 0 Å². The van der Waals surface area contributed by atoms with Crippen molar-refractivity contribution in [1.29, 1.82) is 0 Å². The lowest BCUT2D eigenvalue weighted by molar-refractivity contribution is -0.124. The molecule has 3 N–H and O–H groups in total. The molecule has 0 bridgehead atoms. The number of nitrogens with one attached hydrogen (secondary N) is 1. The van der Waals surface area contributed by atoms with Crippen molar-refractivity contribution < 1.29 is 4.79 Å². The quantitative estimate of drug-likeness (QED) is 0.373. The van der Waals surface area contributed by atoms with Crippen molar-refractivity contribution in [2.75, 3.05) is 0 Å². The third-order valence-corrected chi connectivity index (χ3v) is 1.68. The van der Waals surface area contributed by atoms with Crippen LogP contribution < -0.4 is 11.3 Å². The molecule has 1 atom stereocenters. The van der Waals surface area contributed by atoms with Gasteiger partial charge in [0.05, 0.1) is 0 Å². The predicted molar refractivity (Wildman–Crippen MR) is 43.9 cm³/mol. The zero-order chi connectivity index (χ0) is 8.97. The topological polar surface area (TPSA) is 72.9 Å². The van der Waals surface area contributed by atoms with Gasteiger partial charge >= 0.3 is 0 Å². The van der Waals surface area contributed by atoms with Gasteiger partial charge in [0.1, 0.15) is 6.04 Å². The van der Waals surface area contributed by atoms with Crippen molar-refractivity contribution in [1.82, 2.24) is 15.2 Å². The summed E-state index contributed by atoms with van der Waals surface area (Å²) < 4.78 is 1.59. The lowest BCUT2D eigenvalue weighted by atomic mass is 10.2. The summed E-state index contributed by atoms with van der Waals surface area (Å²) in [6.45, 7) is 1.90. The van der Waals surface area contributed by atoms with E-state index in [-0.39, 0.29) is 11.9 Å². The van der Waals surface area contributed by atoms with E-state index < -0.39 is 0 Å². The third-order valence-electron chi connectivity index (χ3n) is 1.68. The number of amides is 1. The SMILES string of the molecule is CCC(C(=O)NN)n1cccn1. The molecule has 0 aliphatic heterocycles. The number of hydrogen-bond donors (Lipinski definition) is 2. The molecule has 12 heavy (non-hydrogen) atoms. The van der Waals surface area contributed by atoms with E-state index in [0.29, 0.717) is 6.42 Å². The van der Waals surface area contributed by atoms with Gasteiger partial charge in [0, 0.05) is 12.4 Å². The van der Waals surface area contributed by atoms with Crippen LogP contribution in [0.4, 0.5) is 0 Å². The molecule has 0 aliphatic carbocycles. The summed E-state index contributed by atoms with van der Waals surface area (Å²) in [7, 11) is 0. The Morgan fingerprint density at radius 2 is 2.58 bits per heavy atom. The average molecular weight is 168 g/mol. The zero-order valence-electron chi connectivity index (χ0n) is 6.90. The molecule has 0 fully saturated rings. The first-order valence-corrected chi connectivity index (χ1v) is 3.79. The molecule has 0 radical (unpaired) electrons. The van der Waals surface area contributed by atoms with E-state index in [1.54, 1.807) is 23.1 Å². The van der Waals surface area contributed by atoms with E-state index in [1.165, 1.54) is 0 Å². The second kappa shape index (κ2) is 3.87. The molecule has 0 aromatic carbocycles. The van der Waals surface area contributed by atoms with Crippen LogP contribution in [0.25, 0.3) is 0 Å². The van der Waals surface area contributed by atoms with Crippen LogP contribution in [0.3, 0.4) is 0 Å². The van der Waals surface area contributed by atoms with E-state index in [4.69, 9.17) is 5.84 Å². The minimum absolute atomic E-state index is 0.221. The van der Waals surface area contributed by atoms with E-state index in [1.807, 2.05) is 6.92 Å². The van der Waals surface area contributed by atoms with E-state index in [9.17, 15) is 4.79 Å². The Labute approximate surface area is 70.5 Å². The van der Waals surface area contributed by atoms with Crippen LogP contribution in [0.15, 0.2) is 18.5 Å². The normalized spacial score (nSPS) is 12.5. The minimum atomic E-state index is -0.301. The number of hydrazine groups is 1. The van der Waals surface area contributed by atoms with Gasteiger partial charge in [-0.15, -0.1) is 0 Å². The second-order valence-electron chi connectivity index (χ2n) is 2.42. The highest BCUT2D eigenvalue weighted by Gasteiger charge is 2.16. The Balaban J connectivity index is 2.76. The molecule has 5 nitrogen and oxygen atoms in total. The molecule has 5 heteroatoms. The summed E-state index contributed by atoms with van der Waals surface area (Å²) in [5, 5.41) is 3.96. The number of nitrogens with zero attached hydrogens (tertiary/aromatic N) is 2. The fourth-order valence-electron chi connectivity index (χ4n) is 1.05. The molecular formula is C7H12N4O. The predicted octanol–water partition coefficient (Wildman–Crippen LogP) is -0.176. The Bertz CT molecular complexity index is 244. The summed E-state index contributed by atoms with van der Waals surface area (Å²) in [5.74, 6) is 4.79. The van der Waals surface area contributed by atoms with Crippen LogP contribution in [0.5, 0.6) is 0 Å². The molecule has 0 aliphatic rings. The van der Waals surface area contributed by atoms with Crippen LogP contribution in [-0.4, -0.2) is 15.7 Å². The van der Waals surface area contributed by atoms with Crippen molar-refractivity contribution in [3.05, 3.63) is 18.5 Å². The molecule has 1 unspecified atom stereocenters. The van der Waals surface area contributed by atoms with Gasteiger partial charge in [-0.1, -0.05) is 6.92 Å². The lowest BCUT2D eigenvalue weighted by Crippen LogP contribution is -2.37. The molecule has 66 valence electrons. The third kappa shape index (κ3) is 1.62. The first-order chi connectivity index (χ1) is 5.79. The van der Waals surface area contributed by atoms with Crippen molar-refractivity contribution >= 4 is 5.91 Å². The number of carbonyl (C=O) groups is 1. The maximum absolute atomic E-state index is 11.1. The molecule has 1 rings (SSSR count). The number of aromatic nitrogens is 2. The molecule has 0 saturated heterocycles. The molecule has 1 heterocycles. The number of nitrogens with two attached hydrogens (primary N) is 1. The highest BCUT2D eigenvalue weighted by molar-refractivity contribution is 5.79. The average Bonchev–Trinajstić information content (AvgIpc) is 2.58. The summed E-state index contributed by atoms with van der Waals surface area (Å²) in [6, 6.07) is 1.47. The summed E-state index contributed by atoms with van der Waals surface area (Å²) in [4.78, 5) is 11.1. The van der Waals surface area contributed by atoms with Gasteiger partial charge in [-0.2, -0.15) is 5.10 Å². The molecule has 0 saturated carbocycles. The van der Waals surface area contributed by atoms with E-state index >= 15 is 0 Å². The van der Waals surface area contributed by atoms with Gasteiger partial charge < -0.3 is 0 Å². The maximum Gasteiger partial charge on any atom is 0.258 e. The molecule has 1 aromatic heterocycles. The number of carbonyl (C=O) groups excluding carboxylic acids is 1. The van der Waals surface area contributed by atoms with Gasteiger partial charge in [-0.05, 0) is 12.5 Å². The first-order valence-electron chi connectivity index (χ1n) is 3.79. The summed E-state index contributed by atoms with van der Waals surface area (Å²) >= 11 is 0. The number of hydrogen-bond acceptors (Lipinski definition) is 3. The summed E-state index contributed by atoms with van der Waals surface area (Å²) in [6.07, 6.45) is 4.04. The van der Waals surface area contributed by atoms with Crippen LogP contribution >= 0.6 is 0 Å². The standard InChI is InChI=1S/C7H12N4O/c1-2-6(7(12)10-8)11-5-3-4-9-11/h3-6H,2,8H2,1H3,(H,10,12). The highest BCUT2D eigenvalue weighted by atomic mass is 16.2. The monoisotopic (exact) mass is 168 g/mol. The fourth-order valence-corrected chi connectivity index (χ4v) is 1.05. The van der Waals surface area contributed by atoms with E-state index in [2.05, 4.69) is 10.5 Å². The lowest BCUT2D eigenvalue weighted by Gasteiger charge is -2.12. The van der Waals surface area contributed by atoms with Gasteiger partial charge in [0.15, 0.2) is 0 Å². The molecule has 0 spiro atoms. The van der Waals surface area contributed by atoms with Crippen LogP contribution in [-0.2, 0) is 4.79 Å². The second-order valence-corrected chi connectivity index (χ2v) is 2.42. The van der Waals surface area contributed by atoms with Gasteiger partial charge in [-0.25, -0.2) is 5.84 Å². The van der Waals surface area contributed by atoms with Gasteiger partial charge in [0.25, 0.3) is 5.91 Å². The van der Waals surface area contributed by atoms with Crippen LogP contribution in [0.1, 0.15) is 19.4 Å². The molecule has 1 amide bonds. The Morgan fingerprint density at radius 3 is 3.00 bits per heavy atom. The Hall–Kier alpha value is -1.36. The number of rotatable bonds is 3. The maximum atomic E-state index is 11.1. The van der Waals surface area contributed by atoms with Gasteiger partial charge in [0.2, 0.25) is 0 Å². The van der Waals surface area contributed by atoms with Crippen LogP contribution in [0, 0.1) is 0 Å². The van der Waals surface area contributed by atoms with Crippen molar-refractivity contribution in [3.8, 4) is 0 Å².